The molecule has 3 heterocycles. The number of nitrogens with zero attached hydrogens (tertiary/aromatic N) is 3. The molecule has 2 aromatic rings. The van der Waals surface area contributed by atoms with E-state index in [2.05, 4.69) is 27.8 Å². The van der Waals surface area contributed by atoms with E-state index in [0.29, 0.717) is 19.5 Å². The standard InChI is InChI=1S/C22H29N3O3/c1-22(2,3)28-21(27)24-10-8-15(9-11-24)20(26)12-18-16-6-4-5-7-17(16)19-13-23-14-25(18)19/h4-7,13-15,18,20,26H,8-12H2,1-3H3/t18?,20-/m0/s1. The zero-order valence-electron chi connectivity index (χ0n) is 16.8. The second kappa shape index (κ2) is 7.24. The third-order valence-electron chi connectivity index (χ3n) is 5.80. The monoisotopic (exact) mass is 383 g/mol. The normalized spacial score (nSPS) is 20.6. The summed E-state index contributed by atoms with van der Waals surface area (Å²) in [5, 5.41) is 11.0. The van der Waals surface area contributed by atoms with Crippen LogP contribution in [0, 0.1) is 5.92 Å². The van der Waals surface area contributed by atoms with Gasteiger partial charge in [0.05, 0.1) is 30.4 Å². The van der Waals surface area contributed by atoms with Crippen molar-refractivity contribution in [1.29, 1.82) is 0 Å². The summed E-state index contributed by atoms with van der Waals surface area (Å²) >= 11 is 0. The van der Waals surface area contributed by atoms with Crippen LogP contribution in [0.2, 0.25) is 0 Å². The fourth-order valence-corrected chi connectivity index (χ4v) is 4.39. The second-order valence-corrected chi connectivity index (χ2v) is 8.90. The van der Waals surface area contributed by atoms with Crippen LogP contribution in [0.3, 0.4) is 0 Å². The molecule has 0 bridgehead atoms. The number of aliphatic hydroxyl groups is 1. The minimum absolute atomic E-state index is 0.118. The number of rotatable bonds is 3. The van der Waals surface area contributed by atoms with Gasteiger partial charge in [0.15, 0.2) is 0 Å². The quantitative estimate of drug-likeness (QED) is 0.874. The van der Waals surface area contributed by atoms with Gasteiger partial charge in [-0.25, -0.2) is 9.78 Å². The number of benzene rings is 1. The Hall–Kier alpha value is -2.34. The van der Waals surface area contributed by atoms with Crippen LogP contribution in [-0.4, -0.2) is 50.4 Å². The largest absolute Gasteiger partial charge is 0.444 e. The summed E-state index contributed by atoms with van der Waals surface area (Å²) in [6.45, 7) is 6.91. The Kier molecular flexibility index (Phi) is 4.91. The lowest BCUT2D eigenvalue weighted by atomic mass is 9.86. The molecule has 1 aromatic heterocycles. The Labute approximate surface area is 166 Å². The van der Waals surface area contributed by atoms with Crippen molar-refractivity contribution in [2.24, 2.45) is 5.92 Å². The van der Waals surface area contributed by atoms with Crippen LogP contribution in [0.4, 0.5) is 4.79 Å². The highest BCUT2D eigenvalue weighted by Gasteiger charge is 2.34. The molecule has 6 heteroatoms. The molecule has 2 aliphatic rings. The number of likely N-dealkylation sites (tertiary alicyclic amines) is 1. The number of hydrogen-bond acceptors (Lipinski definition) is 4. The Balaban J connectivity index is 1.38. The highest BCUT2D eigenvalue weighted by Crippen LogP contribution is 2.42. The van der Waals surface area contributed by atoms with Crippen LogP contribution >= 0.6 is 0 Å². The zero-order chi connectivity index (χ0) is 19.9. The Bertz CT molecular complexity index is 847. The number of carbonyl (C=O) groups is 1. The maximum absolute atomic E-state index is 12.2. The summed E-state index contributed by atoms with van der Waals surface area (Å²) in [7, 11) is 0. The Morgan fingerprint density at radius 1 is 1.29 bits per heavy atom. The molecule has 1 N–H and O–H groups in total. The lowest BCUT2D eigenvalue weighted by molar-refractivity contribution is 0.00557. The van der Waals surface area contributed by atoms with Crippen molar-refractivity contribution in [2.75, 3.05) is 13.1 Å². The predicted octanol–water partition coefficient (Wildman–Crippen LogP) is 3.85. The summed E-state index contributed by atoms with van der Waals surface area (Å²) in [6, 6.07) is 8.48. The van der Waals surface area contributed by atoms with Gasteiger partial charge in [0.25, 0.3) is 0 Å². The van der Waals surface area contributed by atoms with Gasteiger partial charge in [-0.2, -0.15) is 0 Å². The molecule has 6 nitrogen and oxygen atoms in total. The smallest absolute Gasteiger partial charge is 0.410 e. The summed E-state index contributed by atoms with van der Waals surface area (Å²) < 4.78 is 7.63. The molecule has 0 saturated carbocycles. The maximum atomic E-state index is 12.2. The first kappa shape index (κ1) is 19.0. The number of hydrogen-bond donors (Lipinski definition) is 1. The molecule has 1 saturated heterocycles. The van der Waals surface area contributed by atoms with Gasteiger partial charge >= 0.3 is 6.09 Å². The SMILES string of the molecule is CC(C)(C)OC(=O)N1CCC([C@@H](O)CC2c3ccccc3-c3cncn32)CC1. The van der Waals surface area contributed by atoms with Gasteiger partial charge in [-0.1, -0.05) is 24.3 Å². The summed E-state index contributed by atoms with van der Waals surface area (Å²) in [6.07, 6.45) is 5.34. The first-order chi connectivity index (χ1) is 13.3. The lowest BCUT2D eigenvalue weighted by Crippen LogP contribution is -2.43. The van der Waals surface area contributed by atoms with E-state index in [9.17, 15) is 9.90 Å². The fourth-order valence-electron chi connectivity index (χ4n) is 4.39. The van der Waals surface area contributed by atoms with E-state index < -0.39 is 11.7 Å². The van der Waals surface area contributed by atoms with Gasteiger partial charge in [0, 0.05) is 18.7 Å². The summed E-state index contributed by atoms with van der Waals surface area (Å²) in [4.78, 5) is 18.3. The zero-order valence-corrected chi connectivity index (χ0v) is 16.8. The molecule has 1 aromatic carbocycles. The molecule has 4 rings (SSSR count). The first-order valence-corrected chi connectivity index (χ1v) is 10.1. The van der Waals surface area contributed by atoms with Gasteiger partial charge in [0.1, 0.15) is 5.60 Å². The number of amides is 1. The van der Waals surface area contributed by atoms with Crippen molar-refractivity contribution < 1.29 is 14.6 Å². The molecule has 2 aliphatic heterocycles. The summed E-state index contributed by atoms with van der Waals surface area (Å²) in [5.41, 5.74) is 3.10. The van der Waals surface area contributed by atoms with Crippen molar-refractivity contribution in [2.45, 2.75) is 57.8 Å². The number of aliphatic hydroxyl groups excluding tert-OH is 1. The molecular weight excluding hydrogens is 354 g/mol. The van der Waals surface area contributed by atoms with Crippen molar-refractivity contribution in [3.05, 3.63) is 42.4 Å². The number of aromatic nitrogens is 2. The van der Waals surface area contributed by atoms with Crippen molar-refractivity contribution in [3.63, 3.8) is 0 Å². The lowest BCUT2D eigenvalue weighted by Gasteiger charge is -2.35. The molecule has 1 unspecified atom stereocenters. The van der Waals surface area contributed by atoms with Crippen LogP contribution in [0.25, 0.3) is 11.3 Å². The predicted molar refractivity (Wildman–Crippen MR) is 107 cm³/mol. The first-order valence-electron chi connectivity index (χ1n) is 10.1. The number of imidazole rings is 1. The molecule has 2 atom stereocenters. The van der Waals surface area contributed by atoms with Crippen molar-refractivity contribution >= 4 is 6.09 Å². The molecule has 1 amide bonds. The minimum Gasteiger partial charge on any atom is -0.444 e. The van der Waals surface area contributed by atoms with E-state index >= 15 is 0 Å². The average Bonchev–Trinajstić information content (AvgIpc) is 3.23. The maximum Gasteiger partial charge on any atom is 0.410 e. The molecule has 150 valence electrons. The van der Waals surface area contributed by atoms with Crippen LogP contribution in [-0.2, 0) is 4.74 Å². The Morgan fingerprint density at radius 3 is 2.71 bits per heavy atom. The van der Waals surface area contributed by atoms with E-state index in [1.54, 1.807) is 4.90 Å². The fraction of sp³-hybridized carbons (Fsp3) is 0.545. The van der Waals surface area contributed by atoms with Crippen LogP contribution in [0.15, 0.2) is 36.8 Å². The van der Waals surface area contributed by atoms with Crippen LogP contribution < -0.4 is 0 Å². The molecule has 0 spiro atoms. The minimum atomic E-state index is -0.480. The highest BCUT2D eigenvalue weighted by atomic mass is 16.6. The average molecular weight is 383 g/mol. The van der Waals surface area contributed by atoms with Crippen molar-refractivity contribution in [1.82, 2.24) is 14.5 Å². The highest BCUT2D eigenvalue weighted by molar-refractivity contribution is 5.69. The van der Waals surface area contributed by atoms with Gasteiger partial charge < -0.3 is 19.3 Å². The van der Waals surface area contributed by atoms with Crippen LogP contribution in [0.1, 0.15) is 51.6 Å². The van der Waals surface area contributed by atoms with E-state index in [-0.39, 0.29) is 18.1 Å². The third-order valence-corrected chi connectivity index (χ3v) is 5.80. The molecule has 28 heavy (non-hydrogen) atoms. The van der Waals surface area contributed by atoms with Crippen LogP contribution in [0.5, 0.6) is 0 Å². The molecule has 0 aliphatic carbocycles. The second-order valence-electron chi connectivity index (χ2n) is 8.90. The number of piperidine rings is 1. The topological polar surface area (TPSA) is 67.6 Å². The number of carbonyl (C=O) groups excluding carboxylic acids is 1. The molecule has 0 radical (unpaired) electrons. The van der Waals surface area contributed by atoms with Gasteiger partial charge in [-0.3, -0.25) is 0 Å². The molecule has 1 fully saturated rings. The third kappa shape index (κ3) is 3.65. The van der Waals surface area contributed by atoms with E-state index in [1.807, 2.05) is 39.4 Å². The number of ether oxygens (including phenoxy) is 1. The van der Waals surface area contributed by atoms with Gasteiger partial charge in [-0.05, 0) is 51.5 Å². The van der Waals surface area contributed by atoms with E-state index in [4.69, 9.17) is 4.74 Å². The van der Waals surface area contributed by atoms with E-state index in [0.717, 1.165) is 18.5 Å². The Morgan fingerprint density at radius 2 is 2.00 bits per heavy atom. The van der Waals surface area contributed by atoms with Gasteiger partial charge in [0.2, 0.25) is 0 Å². The van der Waals surface area contributed by atoms with Crippen molar-refractivity contribution in [3.8, 4) is 11.3 Å². The summed E-state index contributed by atoms with van der Waals surface area (Å²) in [5.74, 6) is 0.193. The molecular formula is C22H29N3O3. The van der Waals surface area contributed by atoms with E-state index in [1.165, 1.54) is 11.1 Å². The number of fused-ring (bicyclic) bond motifs is 3. The van der Waals surface area contributed by atoms with Gasteiger partial charge in [-0.15, -0.1) is 0 Å².